The van der Waals surface area contributed by atoms with Crippen molar-refractivity contribution in [1.82, 2.24) is 5.32 Å². The molecule has 17 heavy (non-hydrogen) atoms. The number of nitriles is 1. The predicted octanol–water partition coefficient (Wildman–Crippen LogP) is 3.72. The van der Waals surface area contributed by atoms with Crippen molar-refractivity contribution < 1.29 is 0 Å². The van der Waals surface area contributed by atoms with Gasteiger partial charge in [0.2, 0.25) is 0 Å². The van der Waals surface area contributed by atoms with E-state index in [4.69, 9.17) is 0 Å². The standard InChI is InChI=1S/C14H26N2S/c1-5-14(11-15,16-12-7-8-12)9-6-10-17-13(2,3)4/h12,16H,5-10H2,1-4H3. The van der Waals surface area contributed by atoms with E-state index in [0.717, 1.165) is 25.0 Å². The second kappa shape index (κ2) is 6.11. The van der Waals surface area contributed by atoms with E-state index in [9.17, 15) is 5.26 Å². The van der Waals surface area contributed by atoms with Crippen molar-refractivity contribution in [3.05, 3.63) is 0 Å². The fourth-order valence-electron chi connectivity index (χ4n) is 1.89. The zero-order valence-electron chi connectivity index (χ0n) is 11.7. The fourth-order valence-corrected chi connectivity index (χ4v) is 2.79. The highest BCUT2D eigenvalue weighted by Gasteiger charge is 2.34. The highest BCUT2D eigenvalue weighted by molar-refractivity contribution is 8.00. The Morgan fingerprint density at radius 2 is 2.00 bits per heavy atom. The van der Waals surface area contributed by atoms with Gasteiger partial charge in [0.1, 0.15) is 5.54 Å². The van der Waals surface area contributed by atoms with Gasteiger partial charge >= 0.3 is 0 Å². The number of nitrogens with one attached hydrogen (secondary N) is 1. The fraction of sp³-hybridized carbons (Fsp3) is 0.929. The highest BCUT2D eigenvalue weighted by Crippen LogP contribution is 2.29. The molecule has 0 radical (unpaired) electrons. The van der Waals surface area contributed by atoms with Crippen LogP contribution in [0.15, 0.2) is 0 Å². The third kappa shape index (κ3) is 5.79. The molecule has 0 amide bonds. The Morgan fingerprint density at radius 1 is 1.35 bits per heavy atom. The van der Waals surface area contributed by atoms with Gasteiger partial charge in [-0.3, -0.25) is 5.32 Å². The number of nitrogens with zero attached hydrogens (tertiary/aromatic N) is 1. The van der Waals surface area contributed by atoms with Gasteiger partial charge in [-0.1, -0.05) is 27.7 Å². The Kier molecular flexibility index (Phi) is 5.34. The van der Waals surface area contributed by atoms with E-state index in [1.807, 2.05) is 11.8 Å². The van der Waals surface area contributed by atoms with Crippen LogP contribution in [0.3, 0.4) is 0 Å². The number of hydrogen-bond acceptors (Lipinski definition) is 3. The van der Waals surface area contributed by atoms with Crippen LogP contribution >= 0.6 is 11.8 Å². The Bertz CT molecular complexity index is 273. The third-order valence-electron chi connectivity index (χ3n) is 3.16. The average molecular weight is 254 g/mol. The molecule has 1 atom stereocenters. The van der Waals surface area contributed by atoms with Gasteiger partial charge < -0.3 is 0 Å². The largest absolute Gasteiger partial charge is 0.297 e. The lowest BCUT2D eigenvalue weighted by Crippen LogP contribution is -2.44. The van der Waals surface area contributed by atoms with Crippen molar-refractivity contribution >= 4 is 11.8 Å². The summed E-state index contributed by atoms with van der Waals surface area (Å²) in [6.07, 6.45) is 5.53. The van der Waals surface area contributed by atoms with Crippen LogP contribution in [0.1, 0.15) is 59.8 Å². The lowest BCUT2D eigenvalue weighted by atomic mass is 9.92. The van der Waals surface area contributed by atoms with E-state index in [1.54, 1.807) is 0 Å². The van der Waals surface area contributed by atoms with E-state index in [-0.39, 0.29) is 5.54 Å². The summed E-state index contributed by atoms with van der Waals surface area (Å²) in [6.45, 7) is 8.86. The van der Waals surface area contributed by atoms with Gasteiger partial charge in [0.15, 0.2) is 0 Å². The third-order valence-corrected chi connectivity index (χ3v) is 4.52. The normalized spacial score (nSPS) is 19.7. The van der Waals surface area contributed by atoms with Crippen LogP contribution < -0.4 is 5.32 Å². The van der Waals surface area contributed by atoms with Gasteiger partial charge in [-0.25, -0.2) is 0 Å². The van der Waals surface area contributed by atoms with Crippen LogP contribution in [-0.4, -0.2) is 22.1 Å². The smallest absolute Gasteiger partial charge is 0.106 e. The molecule has 3 heteroatoms. The quantitative estimate of drug-likeness (QED) is 0.703. The molecule has 0 heterocycles. The predicted molar refractivity (Wildman–Crippen MR) is 76.2 cm³/mol. The molecule has 1 unspecified atom stereocenters. The lowest BCUT2D eigenvalue weighted by molar-refractivity contribution is 0.367. The summed E-state index contributed by atoms with van der Waals surface area (Å²) < 4.78 is 0.339. The van der Waals surface area contributed by atoms with Gasteiger partial charge in [-0.15, -0.1) is 0 Å². The van der Waals surface area contributed by atoms with Crippen molar-refractivity contribution in [1.29, 1.82) is 5.26 Å². The molecule has 0 aromatic heterocycles. The Hall–Kier alpha value is -0.200. The zero-order chi connectivity index (χ0) is 12.9. The van der Waals surface area contributed by atoms with Crippen molar-refractivity contribution in [2.75, 3.05) is 5.75 Å². The van der Waals surface area contributed by atoms with Crippen LogP contribution in [-0.2, 0) is 0 Å². The zero-order valence-corrected chi connectivity index (χ0v) is 12.5. The molecule has 1 N–H and O–H groups in total. The molecule has 0 aliphatic heterocycles. The molecule has 1 saturated carbocycles. The summed E-state index contributed by atoms with van der Waals surface area (Å²) >= 11 is 1.99. The molecule has 0 aromatic rings. The molecule has 0 aromatic carbocycles. The summed E-state index contributed by atoms with van der Waals surface area (Å²) in [4.78, 5) is 0. The van der Waals surface area contributed by atoms with Gasteiger partial charge in [-0.05, 0) is 37.9 Å². The van der Waals surface area contributed by atoms with E-state index < -0.39 is 0 Å². The SMILES string of the molecule is CCC(C#N)(CCCSC(C)(C)C)NC1CC1. The highest BCUT2D eigenvalue weighted by atomic mass is 32.2. The summed E-state index contributed by atoms with van der Waals surface area (Å²) in [6, 6.07) is 3.13. The van der Waals surface area contributed by atoms with E-state index in [0.29, 0.717) is 10.8 Å². The molecule has 2 nitrogen and oxygen atoms in total. The molecular formula is C14H26N2S. The topological polar surface area (TPSA) is 35.8 Å². The summed E-state index contributed by atoms with van der Waals surface area (Å²) in [5.41, 5.74) is -0.264. The van der Waals surface area contributed by atoms with Crippen LogP contribution in [0.25, 0.3) is 0 Å². The van der Waals surface area contributed by atoms with Gasteiger partial charge in [0.25, 0.3) is 0 Å². The van der Waals surface area contributed by atoms with Crippen molar-refractivity contribution in [3.8, 4) is 6.07 Å². The minimum Gasteiger partial charge on any atom is -0.297 e. The first-order valence-electron chi connectivity index (χ1n) is 6.74. The summed E-state index contributed by atoms with van der Waals surface area (Å²) in [5, 5.41) is 12.9. The van der Waals surface area contributed by atoms with E-state index >= 15 is 0 Å². The molecule has 0 bridgehead atoms. The van der Waals surface area contributed by atoms with Crippen molar-refractivity contribution in [2.45, 2.75) is 76.1 Å². The molecule has 98 valence electrons. The molecule has 1 aliphatic carbocycles. The maximum absolute atomic E-state index is 9.39. The first-order chi connectivity index (χ1) is 7.91. The molecular weight excluding hydrogens is 228 g/mol. The van der Waals surface area contributed by atoms with Gasteiger partial charge in [0.05, 0.1) is 6.07 Å². The number of thioether (sulfide) groups is 1. The molecule has 1 aliphatic rings. The lowest BCUT2D eigenvalue weighted by Gasteiger charge is -2.27. The minimum atomic E-state index is -0.264. The minimum absolute atomic E-state index is 0.264. The second-order valence-corrected chi connectivity index (χ2v) is 7.95. The summed E-state index contributed by atoms with van der Waals surface area (Å²) in [7, 11) is 0. The molecule has 1 fully saturated rings. The first-order valence-corrected chi connectivity index (χ1v) is 7.72. The monoisotopic (exact) mass is 254 g/mol. The summed E-state index contributed by atoms with van der Waals surface area (Å²) in [5.74, 6) is 1.15. The van der Waals surface area contributed by atoms with E-state index in [1.165, 1.54) is 12.8 Å². The molecule has 1 rings (SSSR count). The molecule has 0 saturated heterocycles. The first kappa shape index (κ1) is 14.9. The average Bonchev–Trinajstić information content (AvgIpc) is 3.05. The number of rotatable bonds is 7. The maximum Gasteiger partial charge on any atom is 0.106 e. The van der Waals surface area contributed by atoms with Crippen LogP contribution in [0.4, 0.5) is 0 Å². The van der Waals surface area contributed by atoms with Crippen LogP contribution in [0.2, 0.25) is 0 Å². The Balaban J connectivity index is 2.31. The van der Waals surface area contributed by atoms with Gasteiger partial charge in [-0.2, -0.15) is 17.0 Å². The van der Waals surface area contributed by atoms with Crippen LogP contribution in [0.5, 0.6) is 0 Å². The molecule has 0 spiro atoms. The van der Waals surface area contributed by atoms with Crippen molar-refractivity contribution in [3.63, 3.8) is 0 Å². The Morgan fingerprint density at radius 3 is 2.41 bits per heavy atom. The Labute approximate surface area is 111 Å². The maximum atomic E-state index is 9.39. The van der Waals surface area contributed by atoms with Crippen LogP contribution in [0, 0.1) is 11.3 Å². The second-order valence-electron chi connectivity index (χ2n) is 6.03. The van der Waals surface area contributed by atoms with Gasteiger partial charge in [0, 0.05) is 10.8 Å². The van der Waals surface area contributed by atoms with E-state index in [2.05, 4.69) is 39.1 Å². The number of hydrogen-bond donors (Lipinski definition) is 1. The van der Waals surface area contributed by atoms with Crippen molar-refractivity contribution in [2.24, 2.45) is 0 Å².